The number of benzene rings is 1. The molecular formula is C16H21ClFNO. The van der Waals surface area contributed by atoms with E-state index in [1.54, 1.807) is 12.1 Å². The van der Waals surface area contributed by atoms with Gasteiger partial charge in [0, 0.05) is 22.7 Å². The van der Waals surface area contributed by atoms with Crippen LogP contribution in [0, 0.1) is 5.82 Å². The topological polar surface area (TPSA) is 20.3 Å². The maximum absolute atomic E-state index is 13.8. The summed E-state index contributed by atoms with van der Waals surface area (Å²) in [5.74, 6) is -0.431. The Morgan fingerprint density at radius 3 is 2.60 bits per heavy atom. The van der Waals surface area contributed by atoms with E-state index < -0.39 is 5.82 Å². The molecule has 1 fully saturated rings. The van der Waals surface area contributed by atoms with Crippen molar-refractivity contribution in [1.82, 2.24) is 4.90 Å². The van der Waals surface area contributed by atoms with E-state index >= 15 is 0 Å². The van der Waals surface area contributed by atoms with Crippen LogP contribution in [0.4, 0.5) is 4.39 Å². The SMILES string of the molecule is CC(C)N(C(=O)Cc1c(F)cccc1Cl)C1CCCC1. The number of hydrogen-bond donors (Lipinski definition) is 0. The van der Waals surface area contributed by atoms with Crippen LogP contribution in [-0.2, 0) is 11.2 Å². The Bertz CT molecular complexity index is 463. The monoisotopic (exact) mass is 297 g/mol. The van der Waals surface area contributed by atoms with Crippen molar-refractivity contribution >= 4 is 17.5 Å². The summed E-state index contributed by atoms with van der Waals surface area (Å²) < 4.78 is 13.8. The number of nitrogens with zero attached hydrogens (tertiary/aromatic N) is 1. The van der Waals surface area contributed by atoms with E-state index in [0.717, 1.165) is 12.8 Å². The first kappa shape index (κ1) is 15.3. The molecule has 0 radical (unpaired) electrons. The van der Waals surface area contributed by atoms with Gasteiger partial charge in [0.2, 0.25) is 5.91 Å². The number of hydrogen-bond acceptors (Lipinski definition) is 1. The van der Waals surface area contributed by atoms with Crippen LogP contribution in [0.2, 0.25) is 5.02 Å². The molecule has 1 saturated carbocycles. The Hall–Kier alpha value is -1.09. The van der Waals surface area contributed by atoms with E-state index in [9.17, 15) is 9.18 Å². The number of halogens is 2. The first-order valence-electron chi connectivity index (χ1n) is 7.24. The van der Waals surface area contributed by atoms with Gasteiger partial charge in [-0.15, -0.1) is 0 Å². The maximum Gasteiger partial charge on any atom is 0.227 e. The third kappa shape index (κ3) is 3.32. The van der Waals surface area contributed by atoms with Crippen LogP contribution in [0.3, 0.4) is 0 Å². The molecule has 2 rings (SSSR count). The molecule has 1 aliphatic carbocycles. The van der Waals surface area contributed by atoms with Crippen molar-refractivity contribution < 1.29 is 9.18 Å². The molecular weight excluding hydrogens is 277 g/mol. The van der Waals surface area contributed by atoms with Crippen LogP contribution in [0.5, 0.6) is 0 Å². The quantitative estimate of drug-likeness (QED) is 0.815. The van der Waals surface area contributed by atoms with Gasteiger partial charge in [-0.1, -0.05) is 30.5 Å². The van der Waals surface area contributed by atoms with Crippen LogP contribution in [-0.4, -0.2) is 22.9 Å². The fourth-order valence-electron chi connectivity index (χ4n) is 3.04. The molecule has 0 unspecified atom stereocenters. The lowest BCUT2D eigenvalue weighted by Gasteiger charge is -2.33. The zero-order valence-corrected chi connectivity index (χ0v) is 12.8. The lowest BCUT2D eigenvalue weighted by atomic mass is 10.1. The summed E-state index contributed by atoms with van der Waals surface area (Å²) in [6.45, 7) is 4.03. The Kier molecular flexibility index (Phi) is 5.03. The minimum Gasteiger partial charge on any atom is -0.337 e. The van der Waals surface area contributed by atoms with Gasteiger partial charge in [-0.3, -0.25) is 4.79 Å². The average molecular weight is 298 g/mol. The number of amides is 1. The van der Waals surface area contributed by atoms with Crippen molar-refractivity contribution in [2.75, 3.05) is 0 Å². The van der Waals surface area contributed by atoms with Crippen molar-refractivity contribution in [3.05, 3.63) is 34.6 Å². The third-order valence-corrected chi connectivity index (χ3v) is 4.31. The van der Waals surface area contributed by atoms with E-state index in [2.05, 4.69) is 0 Å². The molecule has 20 heavy (non-hydrogen) atoms. The Morgan fingerprint density at radius 2 is 2.05 bits per heavy atom. The number of carbonyl (C=O) groups is 1. The Labute approximate surface area is 124 Å². The fraction of sp³-hybridized carbons (Fsp3) is 0.562. The summed E-state index contributed by atoms with van der Waals surface area (Å²) in [4.78, 5) is 14.5. The second-order valence-electron chi connectivity index (χ2n) is 5.71. The van der Waals surface area contributed by atoms with Gasteiger partial charge in [0.15, 0.2) is 0 Å². The second-order valence-corrected chi connectivity index (χ2v) is 6.12. The summed E-state index contributed by atoms with van der Waals surface area (Å²) in [6, 6.07) is 4.97. The maximum atomic E-state index is 13.8. The van der Waals surface area contributed by atoms with E-state index in [4.69, 9.17) is 11.6 Å². The van der Waals surface area contributed by atoms with Crippen LogP contribution < -0.4 is 0 Å². The molecule has 1 aromatic carbocycles. The van der Waals surface area contributed by atoms with Crippen molar-refractivity contribution in [2.45, 2.75) is 58.0 Å². The Morgan fingerprint density at radius 1 is 1.40 bits per heavy atom. The molecule has 0 atom stereocenters. The molecule has 0 spiro atoms. The smallest absolute Gasteiger partial charge is 0.227 e. The average Bonchev–Trinajstić information content (AvgIpc) is 2.87. The predicted molar refractivity (Wildman–Crippen MR) is 79.4 cm³/mol. The highest BCUT2D eigenvalue weighted by atomic mass is 35.5. The minimum atomic E-state index is -0.402. The highest BCUT2D eigenvalue weighted by molar-refractivity contribution is 6.31. The summed E-state index contributed by atoms with van der Waals surface area (Å²) in [7, 11) is 0. The molecule has 4 heteroatoms. The lowest BCUT2D eigenvalue weighted by Crippen LogP contribution is -2.44. The van der Waals surface area contributed by atoms with Gasteiger partial charge < -0.3 is 4.90 Å². The van der Waals surface area contributed by atoms with Crippen LogP contribution in [0.15, 0.2) is 18.2 Å². The Balaban J connectivity index is 2.16. The molecule has 110 valence electrons. The zero-order valence-electron chi connectivity index (χ0n) is 12.0. The highest BCUT2D eigenvalue weighted by Gasteiger charge is 2.29. The molecule has 1 amide bonds. The molecule has 1 aromatic rings. The molecule has 0 aromatic heterocycles. The summed E-state index contributed by atoms with van der Waals surface area (Å²) in [6.07, 6.45) is 4.48. The van der Waals surface area contributed by atoms with Crippen molar-refractivity contribution in [3.8, 4) is 0 Å². The lowest BCUT2D eigenvalue weighted by molar-refractivity contribution is -0.134. The summed E-state index contributed by atoms with van der Waals surface area (Å²) >= 11 is 6.01. The van der Waals surface area contributed by atoms with Crippen LogP contribution >= 0.6 is 11.6 Å². The molecule has 1 aliphatic rings. The summed E-state index contributed by atoms with van der Waals surface area (Å²) in [5, 5.41) is 0.327. The summed E-state index contributed by atoms with van der Waals surface area (Å²) in [5.41, 5.74) is 0.308. The van der Waals surface area contributed by atoms with Gasteiger partial charge in [-0.05, 0) is 38.8 Å². The van der Waals surface area contributed by atoms with Gasteiger partial charge in [-0.2, -0.15) is 0 Å². The van der Waals surface area contributed by atoms with Crippen molar-refractivity contribution in [1.29, 1.82) is 0 Å². The van der Waals surface area contributed by atoms with Crippen molar-refractivity contribution in [2.24, 2.45) is 0 Å². The van der Waals surface area contributed by atoms with Gasteiger partial charge in [-0.25, -0.2) is 4.39 Å². The molecule has 0 heterocycles. The van der Waals surface area contributed by atoms with Crippen LogP contribution in [0.25, 0.3) is 0 Å². The minimum absolute atomic E-state index is 0.0288. The van der Waals surface area contributed by atoms with E-state index in [-0.39, 0.29) is 18.4 Å². The second kappa shape index (κ2) is 6.57. The molecule has 0 bridgehead atoms. The molecule has 0 N–H and O–H groups in total. The fourth-order valence-corrected chi connectivity index (χ4v) is 3.27. The van der Waals surface area contributed by atoms with Gasteiger partial charge in [0.05, 0.1) is 6.42 Å². The van der Waals surface area contributed by atoms with Gasteiger partial charge in [0.1, 0.15) is 5.82 Å². The van der Waals surface area contributed by atoms with E-state index in [0.29, 0.717) is 16.6 Å². The predicted octanol–water partition coefficient (Wildman–Crippen LogP) is 4.20. The van der Waals surface area contributed by atoms with Crippen molar-refractivity contribution in [3.63, 3.8) is 0 Å². The zero-order chi connectivity index (χ0) is 14.7. The van der Waals surface area contributed by atoms with E-state index in [1.807, 2.05) is 18.7 Å². The standard InChI is InChI=1S/C16H21ClFNO/c1-11(2)19(12-6-3-4-7-12)16(20)10-13-14(17)8-5-9-15(13)18/h5,8-9,11-12H,3-4,6-7,10H2,1-2H3. The third-order valence-electron chi connectivity index (χ3n) is 3.95. The van der Waals surface area contributed by atoms with E-state index in [1.165, 1.54) is 18.9 Å². The number of rotatable bonds is 4. The first-order valence-corrected chi connectivity index (χ1v) is 7.62. The van der Waals surface area contributed by atoms with Crippen LogP contribution in [0.1, 0.15) is 45.1 Å². The van der Waals surface area contributed by atoms with Gasteiger partial charge in [0.25, 0.3) is 0 Å². The molecule has 2 nitrogen and oxygen atoms in total. The molecule has 0 aliphatic heterocycles. The number of carbonyl (C=O) groups excluding carboxylic acids is 1. The first-order chi connectivity index (χ1) is 9.50. The van der Waals surface area contributed by atoms with Gasteiger partial charge >= 0.3 is 0 Å². The normalized spacial score (nSPS) is 15.8. The highest BCUT2D eigenvalue weighted by Crippen LogP contribution is 2.27. The largest absolute Gasteiger partial charge is 0.337 e. The molecule has 0 saturated heterocycles.